The number of ether oxygens (including phenoxy) is 1. The van der Waals surface area contributed by atoms with Crippen molar-refractivity contribution in [3.63, 3.8) is 0 Å². The maximum absolute atomic E-state index is 6.48. The van der Waals surface area contributed by atoms with Gasteiger partial charge in [0.2, 0.25) is 0 Å². The summed E-state index contributed by atoms with van der Waals surface area (Å²) in [6.07, 6.45) is 6.14. The van der Waals surface area contributed by atoms with E-state index in [0.29, 0.717) is 5.92 Å². The van der Waals surface area contributed by atoms with Crippen LogP contribution in [0.4, 0.5) is 0 Å². The molecule has 0 aliphatic heterocycles. The van der Waals surface area contributed by atoms with Crippen molar-refractivity contribution in [2.75, 3.05) is 7.11 Å². The van der Waals surface area contributed by atoms with Gasteiger partial charge >= 0.3 is 0 Å². The Hall–Kier alpha value is -0.743. The zero-order valence-electron chi connectivity index (χ0n) is 14.4. The molecule has 4 heteroatoms. The fourth-order valence-corrected chi connectivity index (χ4v) is 5.81. The van der Waals surface area contributed by atoms with E-state index in [9.17, 15) is 0 Å². The van der Waals surface area contributed by atoms with Crippen LogP contribution in [-0.4, -0.2) is 25.6 Å². The number of hydrogen-bond donors (Lipinski definition) is 0. The first-order valence-electron chi connectivity index (χ1n) is 8.21. The molecule has 118 valence electrons. The van der Waals surface area contributed by atoms with Crippen LogP contribution < -0.4 is 4.74 Å². The zero-order chi connectivity index (χ0) is 15.4. The van der Waals surface area contributed by atoms with Gasteiger partial charge < -0.3 is 13.7 Å². The second-order valence-corrected chi connectivity index (χ2v) is 12.3. The lowest BCUT2D eigenvalue weighted by molar-refractivity contribution is 0.183. The van der Waals surface area contributed by atoms with Gasteiger partial charge in [0.05, 0.1) is 12.7 Å². The normalized spacial score (nSPS) is 28.4. The highest BCUT2D eigenvalue weighted by Crippen LogP contribution is 2.57. The SMILES string of the molecule is COc1c2c(c([C@H]3C[C@@]3(C)O[Si](C)(C)C)n1C)CCCC2. The fourth-order valence-electron chi connectivity index (χ4n) is 4.19. The number of rotatable bonds is 4. The molecule has 2 aliphatic carbocycles. The number of methoxy groups -OCH3 is 1. The zero-order valence-corrected chi connectivity index (χ0v) is 15.4. The van der Waals surface area contributed by atoms with E-state index in [-0.39, 0.29) is 5.60 Å². The van der Waals surface area contributed by atoms with Gasteiger partial charge in [-0.15, -0.1) is 0 Å². The van der Waals surface area contributed by atoms with Gasteiger partial charge in [-0.3, -0.25) is 0 Å². The fraction of sp³-hybridized carbons (Fsp3) is 0.765. The summed E-state index contributed by atoms with van der Waals surface area (Å²) < 4.78 is 14.5. The maximum atomic E-state index is 6.48. The maximum Gasteiger partial charge on any atom is 0.196 e. The molecule has 0 saturated heterocycles. The lowest BCUT2D eigenvalue weighted by Crippen LogP contribution is -2.32. The summed E-state index contributed by atoms with van der Waals surface area (Å²) in [5, 5.41) is 0. The molecule has 2 aliphatic rings. The Morgan fingerprint density at radius 2 is 1.76 bits per heavy atom. The molecule has 0 unspecified atom stereocenters. The van der Waals surface area contributed by atoms with Crippen LogP contribution in [0.1, 0.15) is 48.9 Å². The van der Waals surface area contributed by atoms with Gasteiger partial charge in [-0.1, -0.05) is 0 Å². The molecule has 2 atom stereocenters. The van der Waals surface area contributed by atoms with E-state index in [2.05, 4.69) is 38.2 Å². The second kappa shape index (κ2) is 4.88. The number of nitrogens with zero attached hydrogens (tertiary/aromatic N) is 1. The Bertz CT molecular complexity index is 558. The van der Waals surface area contributed by atoms with Crippen LogP contribution in [0.25, 0.3) is 0 Å². The standard InChI is InChI=1S/C17H29NO2Si/c1-17(20-21(4,5)6)11-14(17)15-12-9-7-8-10-13(12)16(19-3)18(15)2/h14H,7-11H2,1-6H3/t14-,17-/m1/s1. The minimum absolute atomic E-state index is 0.0484. The van der Waals surface area contributed by atoms with Crippen LogP contribution in [0.2, 0.25) is 19.6 Å². The molecule has 0 bridgehead atoms. The van der Waals surface area contributed by atoms with Crippen molar-refractivity contribution in [3.8, 4) is 5.88 Å². The highest BCUT2D eigenvalue weighted by atomic mass is 28.4. The van der Waals surface area contributed by atoms with Gasteiger partial charge in [-0.2, -0.15) is 0 Å². The van der Waals surface area contributed by atoms with E-state index in [1.165, 1.54) is 36.9 Å². The molecule has 1 aromatic heterocycles. The minimum Gasteiger partial charge on any atom is -0.482 e. The first kappa shape index (κ1) is 15.2. The smallest absolute Gasteiger partial charge is 0.196 e. The average Bonchev–Trinajstić information content (AvgIpc) is 2.91. The third kappa shape index (κ3) is 2.57. The first-order valence-corrected chi connectivity index (χ1v) is 11.6. The summed E-state index contributed by atoms with van der Waals surface area (Å²) in [7, 11) is 2.47. The molecule has 1 heterocycles. The lowest BCUT2D eigenvalue weighted by Gasteiger charge is -2.25. The van der Waals surface area contributed by atoms with E-state index in [1.54, 1.807) is 12.7 Å². The quantitative estimate of drug-likeness (QED) is 0.785. The van der Waals surface area contributed by atoms with E-state index < -0.39 is 8.32 Å². The predicted octanol–water partition coefficient (Wildman–Crippen LogP) is 4.01. The van der Waals surface area contributed by atoms with Crippen molar-refractivity contribution in [1.29, 1.82) is 0 Å². The molecule has 0 N–H and O–H groups in total. The van der Waals surface area contributed by atoms with Crippen LogP contribution in [-0.2, 0) is 24.3 Å². The Morgan fingerprint density at radius 3 is 2.33 bits per heavy atom. The molecule has 0 spiro atoms. The van der Waals surface area contributed by atoms with E-state index in [0.717, 1.165) is 12.3 Å². The van der Waals surface area contributed by atoms with E-state index >= 15 is 0 Å². The molecule has 1 saturated carbocycles. The average molecular weight is 308 g/mol. The molecular weight excluding hydrogens is 278 g/mol. The molecule has 3 nitrogen and oxygen atoms in total. The molecule has 3 rings (SSSR count). The van der Waals surface area contributed by atoms with Gasteiger partial charge in [0.25, 0.3) is 0 Å². The molecule has 0 amide bonds. The molecule has 1 fully saturated rings. The Labute approximate surface area is 129 Å². The van der Waals surface area contributed by atoms with Crippen LogP contribution in [0.3, 0.4) is 0 Å². The second-order valence-electron chi connectivity index (χ2n) is 7.90. The minimum atomic E-state index is -1.50. The number of hydrogen-bond acceptors (Lipinski definition) is 2. The summed E-state index contributed by atoms with van der Waals surface area (Å²) in [5.41, 5.74) is 4.56. The highest BCUT2D eigenvalue weighted by Gasteiger charge is 2.56. The van der Waals surface area contributed by atoms with Gasteiger partial charge in [-0.05, 0) is 64.2 Å². The number of fused-ring (bicyclic) bond motifs is 1. The van der Waals surface area contributed by atoms with Crippen molar-refractivity contribution in [2.24, 2.45) is 7.05 Å². The largest absolute Gasteiger partial charge is 0.482 e. The lowest BCUT2D eigenvalue weighted by atomic mass is 9.92. The summed E-state index contributed by atoms with van der Waals surface area (Å²) in [4.78, 5) is 0. The van der Waals surface area contributed by atoms with E-state index in [1.807, 2.05) is 0 Å². The van der Waals surface area contributed by atoms with Gasteiger partial charge in [0.15, 0.2) is 14.2 Å². The van der Waals surface area contributed by atoms with E-state index in [4.69, 9.17) is 9.16 Å². The van der Waals surface area contributed by atoms with Crippen LogP contribution >= 0.6 is 0 Å². The number of aromatic nitrogens is 1. The molecule has 0 radical (unpaired) electrons. The third-order valence-electron chi connectivity index (χ3n) is 4.95. The van der Waals surface area contributed by atoms with Crippen molar-refractivity contribution in [1.82, 2.24) is 4.57 Å². The summed E-state index contributed by atoms with van der Waals surface area (Å²) >= 11 is 0. The van der Waals surface area contributed by atoms with Gasteiger partial charge in [-0.25, -0.2) is 0 Å². The van der Waals surface area contributed by atoms with Gasteiger partial charge in [0, 0.05) is 24.2 Å². The summed E-state index contributed by atoms with van der Waals surface area (Å²) in [6.45, 7) is 9.16. The Balaban J connectivity index is 1.96. The van der Waals surface area contributed by atoms with Crippen molar-refractivity contribution in [2.45, 2.75) is 70.2 Å². The monoisotopic (exact) mass is 307 g/mol. The van der Waals surface area contributed by atoms with Crippen molar-refractivity contribution >= 4 is 8.32 Å². The van der Waals surface area contributed by atoms with Crippen molar-refractivity contribution in [3.05, 3.63) is 16.8 Å². The topological polar surface area (TPSA) is 23.4 Å². The third-order valence-corrected chi connectivity index (χ3v) is 6.03. The van der Waals surface area contributed by atoms with Crippen LogP contribution in [0.5, 0.6) is 5.88 Å². The van der Waals surface area contributed by atoms with Crippen molar-refractivity contribution < 1.29 is 9.16 Å². The summed E-state index contributed by atoms with van der Waals surface area (Å²) in [5.74, 6) is 1.63. The molecular formula is C17H29NO2Si. The van der Waals surface area contributed by atoms with Crippen LogP contribution in [0, 0.1) is 0 Å². The highest BCUT2D eigenvalue weighted by molar-refractivity contribution is 6.69. The molecule has 0 aromatic carbocycles. The Kier molecular flexibility index (Phi) is 3.53. The summed E-state index contributed by atoms with van der Waals surface area (Å²) in [6, 6.07) is 0. The first-order chi connectivity index (χ1) is 9.77. The van der Waals surface area contributed by atoms with Gasteiger partial charge in [0.1, 0.15) is 0 Å². The molecule has 1 aromatic rings. The predicted molar refractivity (Wildman–Crippen MR) is 88.8 cm³/mol. The van der Waals surface area contributed by atoms with Crippen LogP contribution in [0.15, 0.2) is 0 Å². The Morgan fingerprint density at radius 1 is 1.14 bits per heavy atom. The molecule has 21 heavy (non-hydrogen) atoms.